The van der Waals surface area contributed by atoms with Gasteiger partial charge in [0, 0.05) is 31.2 Å². The topological polar surface area (TPSA) is 80.6 Å². The van der Waals surface area contributed by atoms with Crippen molar-refractivity contribution in [3.63, 3.8) is 0 Å². The van der Waals surface area contributed by atoms with Crippen molar-refractivity contribution in [1.29, 1.82) is 0 Å². The van der Waals surface area contributed by atoms with Crippen LogP contribution in [0.25, 0.3) is 28.0 Å². The van der Waals surface area contributed by atoms with Gasteiger partial charge in [-0.25, -0.2) is 23.5 Å². The van der Waals surface area contributed by atoms with Crippen LogP contribution in [0.5, 0.6) is 0 Å². The van der Waals surface area contributed by atoms with Crippen LogP contribution in [0.3, 0.4) is 0 Å². The quantitative estimate of drug-likeness (QED) is 0.240. The molecule has 0 saturated carbocycles. The molecule has 1 fully saturated rings. The lowest BCUT2D eigenvalue weighted by atomic mass is 9.92. The van der Waals surface area contributed by atoms with E-state index in [2.05, 4.69) is 32.7 Å². The van der Waals surface area contributed by atoms with Crippen LogP contribution in [0.4, 0.5) is 15.0 Å². The Bertz CT molecular complexity index is 1720. The molecule has 0 aliphatic carbocycles. The van der Waals surface area contributed by atoms with Crippen molar-refractivity contribution in [2.45, 2.75) is 78.9 Å². The molecule has 0 unspecified atom stereocenters. The average molecular weight is 600 g/mol. The van der Waals surface area contributed by atoms with Crippen LogP contribution in [0, 0.1) is 5.82 Å². The molecule has 5 rings (SSSR count). The minimum Gasteiger partial charge on any atom is -0.444 e. The molecule has 1 amide bonds. The van der Waals surface area contributed by atoms with Crippen molar-refractivity contribution in [2.75, 3.05) is 24.5 Å². The zero-order chi connectivity index (χ0) is 31.9. The predicted molar refractivity (Wildman–Crippen MR) is 173 cm³/mol. The van der Waals surface area contributed by atoms with Crippen LogP contribution in [0.1, 0.15) is 78.4 Å². The Kier molecular flexibility index (Phi) is 8.51. The second-order valence-electron chi connectivity index (χ2n) is 13.2. The zero-order valence-corrected chi connectivity index (χ0v) is 26.9. The normalized spacial score (nSPS) is 15.8. The molecule has 44 heavy (non-hydrogen) atoms. The van der Waals surface area contributed by atoms with Crippen molar-refractivity contribution >= 4 is 22.9 Å². The second kappa shape index (κ2) is 12.0. The summed E-state index contributed by atoms with van der Waals surface area (Å²) in [4.78, 5) is 40.2. The molecule has 1 atom stereocenters. The Labute approximate surface area is 258 Å². The van der Waals surface area contributed by atoms with Gasteiger partial charge in [-0.3, -0.25) is 0 Å². The summed E-state index contributed by atoms with van der Waals surface area (Å²) in [5, 5.41) is 0.438. The molecule has 0 spiro atoms. The van der Waals surface area contributed by atoms with E-state index >= 15 is 4.39 Å². The Hall–Kier alpha value is -4.27. The number of carbonyl (C=O) groups is 1. The number of fused-ring (bicyclic) bond motifs is 1. The summed E-state index contributed by atoms with van der Waals surface area (Å²) in [6.45, 7) is 17.0. The zero-order valence-electron chi connectivity index (χ0n) is 26.9. The number of para-hydroxylation sites is 1. The Morgan fingerprint density at radius 3 is 2.16 bits per heavy atom. The van der Waals surface area contributed by atoms with E-state index in [1.54, 1.807) is 21.6 Å². The van der Waals surface area contributed by atoms with Crippen LogP contribution in [0.2, 0.25) is 0 Å². The summed E-state index contributed by atoms with van der Waals surface area (Å²) in [5.41, 5.74) is 2.75. The first-order valence-electron chi connectivity index (χ1n) is 15.3. The molecular weight excluding hydrogens is 557 g/mol. The maximum atomic E-state index is 16.0. The van der Waals surface area contributed by atoms with Crippen LogP contribution in [-0.2, 0) is 4.74 Å². The molecule has 8 nitrogen and oxygen atoms in total. The first-order valence-corrected chi connectivity index (χ1v) is 15.3. The molecule has 4 aromatic rings. The number of halogens is 1. The number of benzene rings is 2. The van der Waals surface area contributed by atoms with E-state index in [-0.39, 0.29) is 29.7 Å². The molecule has 9 heteroatoms. The predicted octanol–water partition coefficient (Wildman–Crippen LogP) is 7.28. The molecular formula is C35H42FN5O3. The number of carbonyl (C=O) groups excluding carboxylic acids is 1. The fourth-order valence-electron chi connectivity index (χ4n) is 5.86. The van der Waals surface area contributed by atoms with E-state index in [1.807, 2.05) is 69.0 Å². The molecule has 1 aliphatic heterocycles. The van der Waals surface area contributed by atoms with E-state index < -0.39 is 17.1 Å². The number of hydrogen-bond acceptors (Lipinski definition) is 6. The van der Waals surface area contributed by atoms with Crippen molar-refractivity contribution in [2.24, 2.45) is 0 Å². The number of hydrogen-bond donors (Lipinski definition) is 0. The van der Waals surface area contributed by atoms with Gasteiger partial charge in [-0.15, -0.1) is 0 Å². The van der Waals surface area contributed by atoms with Gasteiger partial charge in [0.15, 0.2) is 5.65 Å². The summed E-state index contributed by atoms with van der Waals surface area (Å²) in [7, 11) is 0. The lowest BCUT2D eigenvalue weighted by Gasteiger charge is -2.41. The van der Waals surface area contributed by atoms with E-state index in [1.165, 1.54) is 6.07 Å². The van der Waals surface area contributed by atoms with E-state index in [0.717, 1.165) is 16.8 Å². The molecule has 3 heterocycles. The highest BCUT2D eigenvalue weighted by atomic mass is 19.1. The minimum atomic E-state index is -0.611. The van der Waals surface area contributed by atoms with Crippen molar-refractivity contribution in [1.82, 2.24) is 19.4 Å². The second-order valence-corrected chi connectivity index (χ2v) is 13.2. The summed E-state index contributed by atoms with van der Waals surface area (Å²) in [6.07, 6.45) is -0.385. The highest BCUT2D eigenvalue weighted by Crippen LogP contribution is 2.35. The van der Waals surface area contributed by atoms with Gasteiger partial charge in [0.1, 0.15) is 22.9 Å². The number of amides is 1. The smallest absolute Gasteiger partial charge is 0.410 e. The van der Waals surface area contributed by atoms with E-state index in [9.17, 15) is 9.59 Å². The van der Waals surface area contributed by atoms with Gasteiger partial charge in [-0.05, 0) is 56.7 Å². The van der Waals surface area contributed by atoms with Crippen LogP contribution in [-0.4, -0.2) is 56.8 Å². The summed E-state index contributed by atoms with van der Waals surface area (Å²) in [5.74, 6) is 0.0793. The molecule has 0 N–H and O–H groups in total. The fourth-order valence-corrected chi connectivity index (χ4v) is 5.86. The Balaban J connectivity index is 1.74. The molecule has 0 bridgehead atoms. The van der Waals surface area contributed by atoms with Gasteiger partial charge in [-0.2, -0.15) is 4.98 Å². The Morgan fingerprint density at radius 2 is 1.59 bits per heavy atom. The summed E-state index contributed by atoms with van der Waals surface area (Å²) >= 11 is 0. The largest absolute Gasteiger partial charge is 0.444 e. The fraction of sp³-hybridized carbons (Fsp3) is 0.429. The van der Waals surface area contributed by atoms with Gasteiger partial charge in [-0.1, -0.05) is 76.2 Å². The number of aromatic nitrogens is 3. The third-order valence-electron chi connectivity index (χ3n) is 7.97. The van der Waals surface area contributed by atoms with Crippen molar-refractivity contribution in [3.05, 3.63) is 82.0 Å². The number of rotatable bonds is 5. The van der Waals surface area contributed by atoms with Gasteiger partial charge in [0.05, 0.1) is 11.1 Å². The molecule has 2 aromatic heterocycles. The standard InChI is InChI=1S/C35H42FN5O3/c1-21(2)25-15-12-16-26(22(3)4)30(25)41-32-27(19-28(36)29(37-32)24-13-10-9-11-14-24)31(38-33(41)42)40-18-17-39(20-23(40)5)34(43)44-35(6,7)8/h9-16,19,21-23H,17-18,20H2,1-8H3/t23-/m0/s1. The number of ether oxygens (including phenoxy) is 1. The van der Waals surface area contributed by atoms with Gasteiger partial charge in [0.25, 0.3) is 0 Å². The monoisotopic (exact) mass is 599 g/mol. The lowest BCUT2D eigenvalue weighted by molar-refractivity contribution is 0.0218. The first kappa shape index (κ1) is 31.2. The van der Waals surface area contributed by atoms with Crippen molar-refractivity contribution in [3.8, 4) is 16.9 Å². The number of piperazine rings is 1. The third kappa shape index (κ3) is 6.05. The molecule has 1 aliphatic rings. The van der Waals surface area contributed by atoms with Crippen LogP contribution in [0.15, 0.2) is 59.4 Å². The molecule has 1 saturated heterocycles. The molecule has 2 aromatic carbocycles. The molecule has 0 radical (unpaired) electrons. The van der Waals surface area contributed by atoms with Gasteiger partial charge < -0.3 is 14.5 Å². The first-order chi connectivity index (χ1) is 20.8. The van der Waals surface area contributed by atoms with E-state index in [0.29, 0.717) is 42.0 Å². The van der Waals surface area contributed by atoms with E-state index in [4.69, 9.17) is 9.72 Å². The SMILES string of the molecule is CC(C)c1cccc(C(C)C)c1-n1c(=O)nc(N2CCN(C(=O)OC(C)(C)C)C[C@@H]2C)c2cc(F)c(-c3ccccc3)nc21. The minimum absolute atomic E-state index is 0.111. The van der Waals surface area contributed by atoms with Crippen molar-refractivity contribution < 1.29 is 13.9 Å². The number of pyridine rings is 1. The highest BCUT2D eigenvalue weighted by molar-refractivity contribution is 5.90. The van der Waals surface area contributed by atoms with Crippen LogP contribution < -0.4 is 10.6 Å². The third-order valence-corrected chi connectivity index (χ3v) is 7.97. The maximum Gasteiger partial charge on any atom is 0.410 e. The van der Waals surface area contributed by atoms with Crippen LogP contribution >= 0.6 is 0 Å². The number of anilines is 1. The number of nitrogens with zero attached hydrogens (tertiary/aromatic N) is 5. The van der Waals surface area contributed by atoms with Gasteiger partial charge in [0.2, 0.25) is 0 Å². The Morgan fingerprint density at radius 1 is 0.955 bits per heavy atom. The summed E-state index contributed by atoms with van der Waals surface area (Å²) in [6, 6.07) is 16.4. The maximum absolute atomic E-state index is 16.0. The summed E-state index contributed by atoms with van der Waals surface area (Å²) < 4.78 is 23.1. The highest BCUT2D eigenvalue weighted by Gasteiger charge is 2.33. The molecule has 232 valence electrons. The van der Waals surface area contributed by atoms with Gasteiger partial charge >= 0.3 is 11.8 Å². The average Bonchev–Trinajstić information content (AvgIpc) is 2.96. The lowest BCUT2D eigenvalue weighted by Crippen LogP contribution is -2.55.